The third-order valence-electron chi connectivity index (χ3n) is 5.48. The number of carbonyl (C=O) groups excluding carboxylic acids is 2. The number of nitrogens with zero attached hydrogens (tertiary/aromatic N) is 3. The highest BCUT2D eigenvalue weighted by Gasteiger charge is 2.20. The SMILES string of the molecule is CNC(=O)CCCCCC(NC(=O)c1cncs1)c1ncc(-c2ccc3ncccc3c2)[nH]1. The molecule has 3 aromatic heterocycles. The monoisotopic (exact) mass is 462 g/mol. The molecule has 1 atom stereocenters. The second kappa shape index (κ2) is 10.8. The van der Waals surface area contributed by atoms with Crippen molar-refractivity contribution in [3.8, 4) is 11.3 Å². The number of H-pyrrole nitrogens is 1. The van der Waals surface area contributed by atoms with E-state index >= 15 is 0 Å². The van der Waals surface area contributed by atoms with Crippen molar-refractivity contribution >= 4 is 34.1 Å². The molecule has 0 aliphatic carbocycles. The summed E-state index contributed by atoms with van der Waals surface area (Å²) < 4.78 is 0. The standard InChI is InChI=1S/C24H26N6O2S/c1-25-22(31)8-4-2-3-7-19(30-24(32)21-14-26-15-33-21)23-28-13-20(29-23)17-9-10-18-16(12-17)6-5-11-27-18/h5-6,9-15,19H,2-4,7-8H2,1H3,(H,25,31)(H,28,29)(H,30,32). The van der Waals surface area contributed by atoms with E-state index in [1.54, 1.807) is 31.1 Å². The van der Waals surface area contributed by atoms with Gasteiger partial charge < -0.3 is 15.6 Å². The van der Waals surface area contributed by atoms with Gasteiger partial charge in [0.25, 0.3) is 5.91 Å². The molecule has 33 heavy (non-hydrogen) atoms. The predicted molar refractivity (Wildman–Crippen MR) is 129 cm³/mol. The first-order chi connectivity index (χ1) is 16.1. The maximum atomic E-state index is 12.7. The Labute approximate surface area is 195 Å². The number of aromatic amines is 1. The third-order valence-corrected chi connectivity index (χ3v) is 6.25. The van der Waals surface area contributed by atoms with E-state index in [2.05, 4.69) is 36.6 Å². The highest BCUT2D eigenvalue weighted by molar-refractivity contribution is 7.11. The van der Waals surface area contributed by atoms with E-state index < -0.39 is 0 Å². The summed E-state index contributed by atoms with van der Waals surface area (Å²) in [6.07, 6.45) is 8.93. The van der Waals surface area contributed by atoms with Crippen LogP contribution in [0.3, 0.4) is 0 Å². The number of fused-ring (bicyclic) bond motifs is 1. The van der Waals surface area contributed by atoms with E-state index in [1.165, 1.54) is 11.3 Å². The molecule has 4 aromatic rings. The number of hydrogen-bond acceptors (Lipinski definition) is 6. The lowest BCUT2D eigenvalue weighted by Gasteiger charge is -2.16. The van der Waals surface area contributed by atoms with E-state index in [0.29, 0.717) is 23.5 Å². The van der Waals surface area contributed by atoms with Gasteiger partial charge >= 0.3 is 0 Å². The summed E-state index contributed by atoms with van der Waals surface area (Å²) in [7, 11) is 1.65. The number of rotatable bonds is 10. The van der Waals surface area contributed by atoms with E-state index in [9.17, 15) is 9.59 Å². The Morgan fingerprint density at radius 1 is 1.12 bits per heavy atom. The van der Waals surface area contributed by atoms with Crippen molar-refractivity contribution in [2.45, 2.75) is 38.1 Å². The van der Waals surface area contributed by atoms with Crippen LogP contribution in [0, 0.1) is 0 Å². The maximum Gasteiger partial charge on any atom is 0.263 e. The number of unbranched alkanes of at least 4 members (excludes halogenated alkanes) is 2. The average Bonchev–Trinajstić information content (AvgIpc) is 3.55. The van der Waals surface area contributed by atoms with E-state index in [0.717, 1.165) is 41.4 Å². The first kappa shape index (κ1) is 22.6. The lowest BCUT2D eigenvalue weighted by molar-refractivity contribution is -0.120. The number of imidazole rings is 1. The molecule has 0 bridgehead atoms. The van der Waals surface area contributed by atoms with Gasteiger partial charge in [0.15, 0.2) is 0 Å². The maximum absolute atomic E-state index is 12.7. The van der Waals surface area contributed by atoms with Crippen LogP contribution in [-0.4, -0.2) is 38.8 Å². The van der Waals surface area contributed by atoms with Crippen LogP contribution in [0.2, 0.25) is 0 Å². The van der Waals surface area contributed by atoms with Crippen LogP contribution in [0.4, 0.5) is 0 Å². The van der Waals surface area contributed by atoms with E-state index in [-0.39, 0.29) is 17.9 Å². The summed E-state index contributed by atoms with van der Waals surface area (Å²) in [6, 6.07) is 9.75. The second-order valence-corrected chi connectivity index (χ2v) is 8.64. The van der Waals surface area contributed by atoms with Gasteiger partial charge in [-0.1, -0.05) is 25.0 Å². The molecule has 8 nitrogen and oxygen atoms in total. The largest absolute Gasteiger partial charge is 0.359 e. The molecule has 4 rings (SSSR count). The van der Waals surface area contributed by atoms with Crippen molar-refractivity contribution in [2.75, 3.05) is 7.05 Å². The van der Waals surface area contributed by atoms with Gasteiger partial charge in [-0.2, -0.15) is 0 Å². The highest BCUT2D eigenvalue weighted by atomic mass is 32.1. The zero-order chi connectivity index (χ0) is 23.0. The Morgan fingerprint density at radius 3 is 2.85 bits per heavy atom. The molecule has 0 spiro atoms. The summed E-state index contributed by atoms with van der Waals surface area (Å²) in [5, 5.41) is 6.78. The Hall–Kier alpha value is -3.59. The van der Waals surface area contributed by atoms with Crippen LogP contribution in [0.1, 0.15) is 53.6 Å². The van der Waals surface area contributed by atoms with Crippen molar-refractivity contribution in [1.82, 2.24) is 30.6 Å². The molecule has 1 aromatic carbocycles. The number of aromatic nitrogens is 4. The van der Waals surface area contributed by atoms with Gasteiger partial charge in [-0.05, 0) is 31.0 Å². The second-order valence-electron chi connectivity index (χ2n) is 7.76. The molecule has 170 valence electrons. The quantitative estimate of drug-likeness (QED) is 0.305. The third kappa shape index (κ3) is 5.81. The fourth-order valence-electron chi connectivity index (χ4n) is 3.67. The van der Waals surface area contributed by atoms with Gasteiger partial charge in [-0.3, -0.25) is 19.6 Å². The van der Waals surface area contributed by atoms with Gasteiger partial charge in [-0.25, -0.2) is 4.98 Å². The summed E-state index contributed by atoms with van der Waals surface area (Å²) in [5.41, 5.74) is 4.47. The van der Waals surface area contributed by atoms with Gasteiger partial charge in [0, 0.05) is 30.6 Å². The smallest absolute Gasteiger partial charge is 0.263 e. The molecular weight excluding hydrogens is 436 g/mol. The van der Waals surface area contributed by atoms with Gasteiger partial charge in [0.1, 0.15) is 10.7 Å². The van der Waals surface area contributed by atoms with Crippen LogP contribution in [-0.2, 0) is 4.79 Å². The number of amides is 2. The van der Waals surface area contributed by atoms with E-state index in [4.69, 9.17) is 0 Å². The van der Waals surface area contributed by atoms with Crippen LogP contribution in [0.5, 0.6) is 0 Å². The van der Waals surface area contributed by atoms with Crippen LogP contribution in [0.15, 0.2) is 54.4 Å². The van der Waals surface area contributed by atoms with Gasteiger partial charge in [0.05, 0.1) is 35.2 Å². The van der Waals surface area contributed by atoms with Crippen molar-refractivity contribution in [1.29, 1.82) is 0 Å². The Morgan fingerprint density at radius 2 is 2.03 bits per heavy atom. The first-order valence-electron chi connectivity index (χ1n) is 10.9. The normalized spacial score (nSPS) is 11.9. The summed E-state index contributed by atoms with van der Waals surface area (Å²) in [5.74, 6) is 0.592. The molecule has 0 fully saturated rings. The molecule has 0 saturated carbocycles. The predicted octanol–water partition coefficient (Wildman–Crippen LogP) is 4.25. The van der Waals surface area contributed by atoms with Crippen molar-refractivity contribution < 1.29 is 9.59 Å². The number of thiazole rings is 1. The first-order valence-corrected chi connectivity index (χ1v) is 11.8. The number of hydrogen-bond donors (Lipinski definition) is 3. The Bertz CT molecular complexity index is 1220. The number of carbonyl (C=O) groups is 2. The van der Waals surface area contributed by atoms with Gasteiger partial charge in [-0.15, -0.1) is 11.3 Å². The molecule has 0 aliphatic heterocycles. The molecule has 2 amide bonds. The lowest BCUT2D eigenvalue weighted by atomic mass is 10.1. The van der Waals surface area contributed by atoms with E-state index in [1.807, 2.05) is 24.3 Å². The van der Waals surface area contributed by atoms with Gasteiger partial charge in [0.2, 0.25) is 5.91 Å². The Kier molecular flexibility index (Phi) is 7.41. The van der Waals surface area contributed by atoms with Crippen LogP contribution < -0.4 is 10.6 Å². The summed E-state index contributed by atoms with van der Waals surface area (Å²) in [4.78, 5) is 41.0. The zero-order valence-corrected chi connectivity index (χ0v) is 19.2. The highest BCUT2D eigenvalue weighted by Crippen LogP contribution is 2.25. The average molecular weight is 463 g/mol. The van der Waals surface area contributed by atoms with Crippen molar-refractivity contribution in [2.24, 2.45) is 0 Å². The summed E-state index contributed by atoms with van der Waals surface area (Å²) >= 11 is 1.30. The molecule has 0 radical (unpaired) electrons. The molecule has 3 N–H and O–H groups in total. The number of pyridine rings is 1. The fourth-order valence-corrected chi connectivity index (χ4v) is 4.20. The summed E-state index contributed by atoms with van der Waals surface area (Å²) in [6.45, 7) is 0. The molecule has 3 heterocycles. The minimum atomic E-state index is -0.268. The molecule has 0 aliphatic rings. The topological polar surface area (TPSA) is 113 Å². The molecular formula is C24H26N6O2S. The van der Waals surface area contributed by atoms with Crippen molar-refractivity contribution in [3.63, 3.8) is 0 Å². The molecule has 0 saturated heterocycles. The van der Waals surface area contributed by atoms with Crippen LogP contribution in [0.25, 0.3) is 22.2 Å². The molecule has 9 heteroatoms. The molecule has 1 unspecified atom stereocenters. The Balaban J connectivity index is 1.48. The minimum Gasteiger partial charge on any atom is -0.359 e. The number of nitrogens with one attached hydrogen (secondary N) is 3. The van der Waals surface area contributed by atoms with Crippen molar-refractivity contribution in [3.05, 3.63) is 65.1 Å². The minimum absolute atomic E-state index is 0.0475. The number of benzene rings is 1. The zero-order valence-electron chi connectivity index (χ0n) is 18.4. The fraction of sp³-hybridized carbons (Fsp3) is 0.292. The lowest BCUT2D eigenvalue weighted by Crippen LogP contribution is -2.28. The van der Waals surface area contributed by atoms with Crippen LogP contribution >= 0.6 is 11.3 Å².